The van der Waals surface area contributed by atoms with Crippen molar-refractivity contribution >= 4 is 31.9 Å². The average molecular weight is 779 g/mol. The van der Waals surface area contributed by atoms with E-state index in [4.69, 9.17) is 15.3 Å². The van der Waals surface area contributed by atoms with Crippen LogP contribution in [0.15, 0.2) is 63.4 Å². The molecule has 2 aromatic carbocycles. The summed E-state index contributed by atoms with van der Waals surface area (Å²) < 4.78 is 15.6. The van der Waals surface area contributed by atoms with E-state index in [0.717, 1.165) is 103 Å². The number of rotatable bonds is 23. The van der Waals surface area contributed by atoms with Crippen LogP contribution < -0.4 is 20.6 Å². The van der Waals surface area contributed by atoms with Gasteiger partial charge in [-0.05, 0) is 134 Å². The first kappa shape index (κ1) is 38.8. The van der Waals surface area contributed by atoms with Crippen molar-refractivity contribution in [2.45, 2.75) is 57.9 Å². The Kier molecular flexibility index (Phi) is 17.6. The minimum absolute atomic E-state index is 0.659. The molecule has 0 atom stereocenters. The second kappa shape index (κ2) is 21.4. The first-order valence-electron chi connectivity index (χ1n) is 16.5. The summed E-state index contributed by atoms with van der Waals surface area (Å²) >= 11 is 7.29. The van der Waals surface area contributed by atoms with E-state index in [2.05, 4.69) is 87.8 Å². The van der Waals surface area contributed by atoms with Gasteiger partial charge in [-0.1, -0.05) is 30.2 Å². The molecule has 0 aliphatic carbocycles. The number of nitrogens with zero attached hydrogens (tertiary/aromatic N) is 6. The van der Waals surface area contributed by atoms with Gasteiger partial charge in [0.05, 0.1) is 14.6 Å². The SMILES string of the molecule is CN/C(=C\N(N)CCc1ccc(OCCN(C)C)c(Br)c1)CCCCCCc1cn(CCc2ccc(OCCN(C)C)c(Br)c2)nn1. The maximum Gasteiger partial charge on any atom is 0.133 e. The molecule has 10 nitrogen and oxygen atoms in total. The van der Waals surface area contributed by atoms with Gasteiger partial charge in [-0.3, -0.25) is 4.68 Å². The van der Waals surface area contributed by atoms with Gasteiger partial charge in [-0.15, -0.1) is 5.10 Å². The Morgan fingerprint density at radius 2 is 1.43 bits per heavy atom. The minimum atomic E-state index is 0.659. The van der Waals surface area contributed by atoms with Gasteiger partial charge < -0.3 is 29.6 Å². The molecule has 3 rings (SSSR count). The fourth-order valence-corrected chi connectivity index (χ4v) is 5.95. The Bertz CT molecular complexity index is 1370. The Labute approximate surface area is 298 Å². The van der Waals surface area contributed by atoms with Gasteiger partial charge >= 0.3 is 0 Å². The van der Waals surface area contributed by atoms with E-state index in [1.807, 2.05) is 58.3 Å². The summed E-state index contributed by atoms with van der Waals surface area (Å²) in [5.41, 5.74) is 4.66. The molecule has 12 heteroatoms. The molecule has 0 aliphatic rings. The first-order chi connectivity index (χ1) is 22.6. The van der Waals surface area contributed by atoms with E-state index in [1.54, 1.807) is 5.01 Å². The number of allylic oxidation sites excluding steroid dienone is 1. The molecular weight excluding hydrogens is 724 g/mol. The van der Waals surface area contributed by atoms with E-state index in [1.165, 1.54) is 17.5 Å². The molecule has 3 N–H and O–H groups in total. The van der Waals surface area contributed by atoms with E-state index in [0.29, 0.717) is 13.2 Å². The molecule has 0 radical (unpaired) electrons. The van der Waals surface area contributed by atoms with Crippen LogP contribution in [0.25, 0.3) is 0 Å². The van der Waals surface area contributed by atoms with Gasteiger partial charge in [0.2, 0.25) is 0 Å². The number of aryl methyl sites for hydroxylation is 3. The lowest BCUT2D eigenvalue weighted by Crippen LogP contribution is -2.29. The summed E-state index contributed by atoms with van der Waals surface area (Å²) in [7, 11) is 10.1. The van der Waals surface area contributed by atoms with Gasteiger partial charge in [0.25, 0.3) is 0 Å². The standard InChI is InChI=1S/C35H54Br2N8O2/c1-39-30(26-44(38)18-16-28-12-14-34(32(36)24-28)46-22-20-42(2)3)10-8-6-7-9-11-31-27-45(41-40-31)19-17-29-13-15-35(33(37)25-29)47-23-21-43(4)5/h12-15,24-27,39H,6-11,16-23,38H2,1-5H3/b30-26-. The van der Waals surface area contributed by atoms with Crippen molar-refractivity contribution in [2.24, 2.45) is 5.84 Å². The van der Waals surface area contributed by atoms with Crippen molar-refractivity contribution in [3.63, 3.8) is 0 Å². The van der Waals surface area contributed by atoms with Crippen LogP contribution in [-0.4, -0.2) is 97.9 Å². The third kappa shape index (κ3) is 15.4. The summed E-state index contributed by atoms with van der Waals surface area (Å²) in [6.07, 6.45) is 12.3. The zero-order chi connectivity index (χ0) is 34.0. The van der Waals surface area contributed by atoms with Crippen LogP contribution in [0.4, 0.5) is 0 Å². The number of benzene rings is 2. The number of halogens is 2. The van der Waals surface area contributed by atoms with Gasteiger partial charge in [0, 0.05) is 51.3 Å². The predicted octanol–water partition coefficient (Wildman–Crippen LogP) is 5.90. The highest BCUT2D eigenvalue weighted by Crippen LogP contribution is 2.27. The zero-order valence-corrected chi connectivity index (χ0v) is 32.0. The Hall–Kier alpha value is -2.64. The van der Waals surface area contributed by atoms with Crippen molar-refractivity contribution in [1.29, 1.82) is 0 Å². The topological polar surface area (TPSA) is 96.9 Å². The number of ether oxygens (including phenoxy) is 2. The smallest absolute Gasteiger partial charge is 0.133 e. The first-order valence-corrected chi connectivity index (χ1v) is 18.1. The van der Waals surface area contributed by atoms with Crippen molar-refractivity contribution in [3.8, 4) is 11.5 Å². The monoisotopic (exact) mass is 776 g/mol. The van der Waals surface area contributed by atoms with Crippen LogP contribution in [-0.2, 0) is 25.8 Å². The third-order valence-corrected chi connectivity index (χ3v) is 8.97. The van der Waals surface area contributed by atoms with Crippen LogP contribution in [0.1, 0.15) is 48.9 Å². The summed E-state index contributed by atoms with van der Waals surface area (Å²) in [6, 6.07) is 12.5. The van der Waals surface area contributed by atoms with Gasteiger partial charge in [-0.25, -0.2) is 5.84 Å². The molecule has 0 saturated heterocycles. The Balaban J connectivity index is 1.29. The molecule has 260 valence electrons. The summed E-state index contributed by atoms with van der Waals surface area (Å²) in [5, 5.41) is 13.8. The quantitative estimate of drug-likeness (QED) is 0.0694. The van der Waals surface area contributed by atoms with Crippen LogP contribution in [0.3, 0.4) is 0 Å². The predicted molar refractivity (Wildman–Crippen MR) is 199 cm³/mol. The lowest BCUT2D eigenvalue weighted by atomic mass is 10.1. The van der Waals surface area contributed by atoms with Gasteiger partial charge in [0.15, 0.2) is 0 Å². The Morgan fingerprint density at radius 3 is 2.00 bits per heavy atom. The van der Waals surface area contributed by atoms with Crippen LogP contribution >= 0.6 is 31.9 Å². The molecule has 0 spiro atoms. The number of likely N-dealkylation sites (N-methyl/N-ethyl adjacent to an activating group) is 2. The largest absolute Gasteiger partial charge is 0.491 e. The maximum atomic E-state index is 6.32. The highest BCUT2D eigenvalue weighted by molar-refractivity contribution is 9.10. The van der Waals surface area contributed by atoms with Crippen molar-refractivity contribution in [3.05, 3.63) is 80.3 Å². The fourth-order valence-electron chi connectivity index (χ4n) is 4.87. The highest BCUT2D eigenvalue weighted by Gasteiger charge is 2.07. The molecule has 0 unspecified atom stereocenters. The van der Waals surface area contributed by atoms with E-state index in [9.17, 15) is 0 Å². The molecule has 0 fully saturated rings. The zero-order valence-electron chi connectivity index (χ0n) is 28.9. The minimum Gasteiger partial charge on any atom is -0.491 e. The molecule has 0 bridgehead atoms. The fraction of sp³-hybridized carbons (Fsp3) is 0.543. The number of unbranched alkanes of at least 4 members (excludes halogenated alkanes) is 3. The maximum absolute atomic E-state index is 6.32. The number of hydrazine groups is 1. The molecule has 0 amide bonds. The van der Waals surface area contributed by atoms with Gasteiger partial charge in [-0.2, -0.15) is 0 Å². The summed E-state index contributed by atoms with van der Waals surface area (Å²) in [6.45, 7) is 4.62. The highest BCUT2D eigenvalue weighted by atomic mass is 79.9. The van der Waals surface area contributed by atoms with Crippen molar-refractivity contribution in [1.82, 2.24) is 35.1 Å². The lowest BCUT2D eigenvalue weighted by molar-refractivity contribution is 0.260. The normalized spacial score (nSPS) is 11.8. The van der Waals surface area contributed by atoms with E-state index in [-0.39, 0.29) is 0 Å². The van der Waals surface area contributed by atoms with Crippen molar-refractivity contribution < 1.29 is 9.47 Å². The molecule has 0 saturated carbocycles. The second-order valence-electron chi connectivity index (χ2n) is 12.4. The number of hydrogen-bond acceptors (Lipinski definition) is 9. The number of nitrogens with two attached hydrogens (primary N) is 1. The summed E-state index contributed by atoms with van der Waals surface area (Å²) in [5.74, 6) is 8.07. The number of aromatic nitrogens is 3. The average Bonchev–Trinajstić information content (AvgIpc) is 3.49. The number of nitrogens with one attached hydrogen (secondary N) is 1. The van der Waals surface area contributed by atoms with Crippen LogP contribution in [0, 0.1) is 0 Å². The molecule has 0 aliphatic heterocycles. The molecule has 3 aromatic rings. The lowest BCUT2D eigenvalue weighted by Gasteiger charge is -2.17. The van der Waals surface area contributed by atoms with Gasteiger partial charge in [0.1, 0.15) is 24.7 Å². The molecular formula is C35H54Br2N8O2. The van der Waals surface area contributed by atoms with Crippen LogP contribution in [0.2, 0.25) is 0 Å². The molecule has 47 heavy (non-hydrogen) atoms. The molecule has 1 heterocycles. The van der Waals surface area contributed by atoms with E-state index >= 15 is 0 Å². The van der Waals surface area contributed by atoms with E-state index < -0.39 is 0 Å². The number of hydrogen-bond donors (Lipinski definition) is 2. The Morgan fingerprint density at radius 1 is 0.830 bits per heavy atom. The van der Waals surface area contributed by atoms with Crippen molar-refractivity contribution in [2.75, 3.05) is 68.1 Å². The summed E-state index contributed by atoms with van der Waals surface area (Å²) in [4.78, 5) is 4.21. The van der Waals surface area contributed by atoms with Crippen LogP contribution in [0.5, 0.6) is 11.5 Å². The third-order valence-electron chi connectivity index (χ3n) is 7.73. The second-order valence-corrected chi connectivity index (χ2v) is 14.1. The molecule has 1 aromatic heterocycles.